The second-order valence-electron chi connectivity index (χ2n) is 0.524. The maximum atomic E-state index is 4.91. The van der Waals surface area contributed by atoms with Crippen LogP contribution in [-0.2, 0) is 0 Å². The second-order valence-corrected chi connectivity index (χ2v) is 0.524. The van der Waals surface area contributed by atoms with E-state index in [4.69, 9.17) is 5.73 Å². The summed E-state index contributed by atoms with van der Waals surface area (Å²) < 4.78 is 0. The van der Waals surface area contributed by atoms with E-state index in [-0.39, 0.29) is 37.7 Å². The van der Waals surface area contributed by atoms with Crippen molar-refractivity contribution >= 4 is 37.7 Å². The Kier molecular flexibility index (Phi) is 16.6. The average Bonchev–Trinajstić information content (AvgIpc) is 1.37. The molecular formula is C3H9CaN. The van der Waals surface area contributed by atoms with Crippen molar-refractivity contribution < 1.29 is 0 Å². The minimum atomic E-state index is 0. The van der Waals surface area contributed by atoms with Crippen LogP contribution in [0.3, 0.4) is 0 Å². The Morgan fingerprint density at radius 2 is 2.00 bits per heavy atom. The fourth-order valence-electron chi connectivity index (χ4n) is 0. The molecule has 5 heavy (non-hydrogen) atoms. The molecule has 0 aromatic carbocycles. The van der Waals surface area contributed by atoms with Gasteiger partial charge in [0.1, 0.15) is 0 Å². The molecule has 0 spiro atoms. The van der Waals surface area contributed by atoms with Crippen LogP contribution in [0.5, 0.6) is 0 Å². The van der Waals surface area contributed by atoms with Crippen molar-refractivity contribution in [3.8, 4) is 0 Å². The first-order chi connectivity index (χ1) is 1.91. The van der Waals surface area contributed by atoms with E-state index in [0.717, 1.165) is 0 Å². The molecule has 2 N–H and O–H groups in total. The average molecular weight is 99.2 g/mol. The van der Waals surface area contributed by atoms with E-state index in [1.165, 1.54) is 0 Å². The van der Waals surface area contributed by atoms with E-state index >= 15 is 0 Å². The van der Waals surface area contributed by atoms with E-state index in [9.17, 15) is 0 Å². The molecule has 0 aliphatic carbocycles. The van der Waals surface area contributed by atoms with Crippen LogP contribution in [0.25, 0.3) is 0 Å². The zero-order valence-corrected chi connectivity index (χ0v) is 2.57. The summed E-state index contributed by atoms with van der Waals surface area (Å²) in [7, 11) is 0. The van der Waals surface area contributed by atoms with Crippen LogP contribution in [0, 0.1) is 0 Å². The van der Waals surface area contributed by atoms with Gasteiger partial charge in [-0.15, -0.1) is 6.58 Å². The molecule has 0 rings (SSSR count). The molecule has 0 bridgehead atoms. The van der Waals surface area contributed by atoms with Crippen molar-refractivity contribution in [2.24, 2.45) is 5.73 Å². The van der Waals surface area contributed by atoms with Gasteiger partial charge in [-0.3, -0.25) is 0 Å². The van der Waals surface area contributed by atoms with Crippen LogP contribution >= 0.6 is 0 Å². The van der Waals surface area contributed by atoms with Gasteiger partial charge in [0.05, 0.1) is 0 Å². The number of hydrogen-bond donors (Lipinski definition) is 1. The van der Waals surface area contributed by atoms with Gasteiger partial charge in [0.2, 0.25) is 0 Å². The molecule has 0 aromatic heterocycles. The maximum absolute atomic E-state index is 4.91. The van der Waals surface area contributed by atoms with Gasteiger partial charge >= 0.3 is 37.7 Å². The van der Waals surface area contributed by atoms with Crippen LogP contribution in [0.1, 0.15) is 0 Å². The van der Waals surface area contributed by atoms with Gasteiger partial charge in [-0.1, -0.05) is 6.08 Å². The Balaban J connectivity index is 0. The Labute approximate surface area is 62.2 Å². The van der Waals surface area contributed by atoms with Crippen molar-refractivity contribution in [3.63, 3.8) is 0 Å². The van der Waals surface area contributed by atoms with E-state index in [2.05, 4.69) is 6.58 Å². The van der Waals surface area contributed by atoms with Gasteiger partial charge in [-0.05, 0) is 0 Å². The summed E-state index contributed by atoms with van der Waals surface area (Å²) in [4.78, 5) is 0. The molecule has 28 valence electrons. The molecule has 2 heteroatoms. The zero-order chi connectivity index (χ0) is 3.41. The van der Waals surface area contributed by atoms with Crippen LogP contribution in [0.2, 0.25) is 0 Å². The van der Waals surface area contributed by atoms with Crippen molar-refractivity contribution in [1.82, 2.24) is 0 Å². The van der Waals surface area contributed by atoms with Gasteiger partial charge in [0.25, 0.3) is 0 Å². The summed E-state index contributed by atoms with van der Waals surface area (Å²) >= 11 is 0. The fourth-order valence-corrected chi connectivity index (χ4v) is 0. The standard InChI is InChI=1S/C3H7N.Ca.2H/c1-2-3-4;;;/h2H,1,3-4H2;;;. The van der Waals surface area contributed by atoms with E-state index in [1.807, 2.05) is 0 Å². The Hall–Kier alpha value is 0.960. The number of hydrogen-bond acceptors (Lipinski definition) is 1. The third kappa shape index (κ3) is 11.3. The van der Waals surface area contributed by atoms with Crippen LogP contribution < -0.4 is 5.73 Å². The predicted molar refractivity (Wildman–Crippen MR) is 27.8 cm³/mol. The van der Waals surface area contributed by atoms with Crippen LogP contribution in [0.15, 0.2) is 12.7 Å². The molecular weight excluding hydrogens is 90.1 g/mol. The molecule has 0 saturated heterocycles. The molecule has 0 atom stereocenters. The quantitative estimate of drug-likeness (QED) is 0.338. The predicted octanol–water partition coefficient (Wildman–Crippen LogP) is -0.785. The molecule has 0 aliphatic heterocycles. The third-order valence-electron chi connectivity index (χ3n) is 0.167. The van der Waals surface area contributed by atoms with E-state index in [1.54, 1.807) is 6.08 Å². The molecule has 1 nitrogen and oxygen atoms in total. The summed E-state index contributed by atoms with van der Waals surface area (Å²) in [6.07, 6.45) is 1.65. The number of nitrogens with two attached hydrogens (primary N) is 1. The van der Waals surface area contributed by atoms with E-state index in [0.29, 0.717) is 6.54 Å². The monoisotopic (exact) mass is 99.0 g/mol. The molecule has 0 heterocycles. The summed E-state index contributed by atoms with van der Waals surface area (Å²) in [5, 5.41) is 0. The Bertz CT molecular complexity index is 20.9. The van der Waals surface area contributed by atoms with Gasteiger partial charge in [-0.2, -0.15) is 0 Å². The molecule has 0 saturated carbocycles. The topological polar surface area (TPSA) is 26.0 Å². The number of rotatable bonds is 1. The summed E-state index contributed by atoms with van der Waals surface area (Å²) in [5.74, 6) is 0. The molecule has 0 aliphatic rings. The van der Waals surface area contributed by atoms with Crippen molar-refractivity contribution in [1.29, 1.82) is 0 Å². The third-order valence-corrected chi connectivity index (χ3v) is 0.167. The summed E-state index contributed by atoms with van der Waals surface area (Å²) in [5.41, 5.74) is 4.91. The van der Waals surface area contributed by atoms with Crippen molar-refractivity contribution in [3.05, 3.63) is 12.7 Å². The molecule has 0 aromatic rings. The van der Waals surface area contributed by atoms with Gasteiger partial charge in [0, 0.05) is 6.54 Å². The first kappa shape index (κ1) is 9.35. The SMILES string of the molecule is C=CCN.[CaH2]. The normalized spacial score (nSPS) is 5.00. The van der Waals surface area contributed by atoms with Gasteiger partial charge < -0.3 is 5.73 Å². The zero-order valence-electron chi connectivity index (χ0n) is 2.57. The fraction of sp³-hybridized carbons (Fsp3) is 0.333. The summed E-state index contributed by atoms with van der Waals surface area (Å²) in [6.45, 7) is 3.94. The Morgan fingerprint density at radius 3 is 2.00 bits per heavy atom. The van der Waals surface area contributed by atoms with Gasteiger partial charge in [-0.25, -0.2) is 0 Å². The van der Waals surface area contributed by atoms with Crippen molar-refractivity contribution in [2.45, 2.75) is 0 Å². The first-order valence-corrected chi connectivity index (χ1v) is 1.22. The Morgan fingerprint density at radius 1 is 1.80 bits per heavy atom. The molecule has 0 fully saturated rings. The van der Waals surface area contributed by atoms with E-state index < -0.39 is 0 Å². The van der Waals surface area contributed by atoms with Crippen LogP contribution in [-0.4, -0.2) is 44.3 Å². The second kappa shape index (κ2) is 8.88. The van der Waals surface area contributed by atoms with Crippen LogP contribution in [0.4, 0.5) is 0 Å². The first-order valence-electron chi connectivity index (χ1n) is 1.22. The van der Waals surface area contributed by atoms with Gasteiger partial charge in [0.15, 0.2) is 0 Å². The molecule has 0 radical (unpaired) electrons. The molecule has 0 unspecified atom stereocenters. The van der Waals surface area contributed by atoms with Crippen molar-refractivity contribution in [2.75, 3.05) is 6.54 Å². The molecule has 0 amide bonds. The minimum absolute atomic E-state index is 0. The summed E-state index contributed by atoms with van der Waals surface area (Å²) in [6, 6.07) is 0.